The summed E-state index contributed by atoms with van der Waals surface area (Å²) in [5.74, 6) is 0.451. The Balaban J connectivity index is 1.83. The van der Waals surface area contributed by atoms with Crippen molar-refractivity contribution in [2.75, 3.05) is 6.61 Å². The summed E-state index contributed by atoms with van der Waals surface area (Å²) in [6.07, 6.45) is 2.06. The van der Waals surface area contributed by atoms with Crippen molar-refractivity contribution >= 4 is 27.5 Å². The average molecular weight is 320 g/mol. The SMILES string of the molecule is CC(C)CCOC(=O)CCc1c2ccccc2cc2ccccc12. The lowest BCUT2D eigenvalue weighted by atomic mass is 9.94. The van der Waals surface area contributed by atoms with Gasteiger partial charge in [0.15, 0.2) is 0 Å². The second kappa shape index (κ2) is 7.48. The smallest absolute Gasteiger partial charge is 0.306 e. The van der Waals surface area contributed by atoms with Gasteiger partial charge in [0.1, 0.15) is 0 Å². The van der Waals surface area contributed by atoms with Gasteiger partial charge in [0.2, 0.25) is 0 Å². The number of benzene rings is 3. The van der Waals surface area contributed by atoms with Gasteiger partial charge in [0, 0.05) is 6.42 Å². The van der Waals surface area contributed by atoms with E-state index in [9.17, 15) is 4.79 Å². The summed E-state index contributed by atoms with van der Waals surface area (Å²) in [6, 6.07) is 19.0. The van der Waals surface area contributed by atoms with Gasteiger partial charge in [-0.3, -0.25) is 4.79 Å². The molecule has 0 aliphatic carbocycles. The van der Waals surface area contributed by atoms with Gasteiger partial charge in [-0.05, 0) is 51.9 Å². The molecule has 2 heteroatoms. The summed E-state index contributed by atoms with van der Waals surface area (Å²) in [5.41, 5.74) is 1.24. The van der Waals surface area contributed by atoms with Gasteiger partial charge in [0.25, 0.3) is 0 Å². The summed E-state index contributed by atoms with van der Waals surface area (Å²) >= 11 is 0. The molecule has 124 valence electrons. The molecule has 3 aromatic carbocycles. The van der Waals surface area contributed by atoms with E-state index in [0.717, 1.165) is 6.42 Å². The maximum Gasteiger partial charge on any atom is 0.306 e. The van der Waals surface area contributed by atoms with Gasteiger partial charge in [-0.1, -0.05) is 62.4 Å². The van der Waals surface area contributed by atoms with Crippen molar-refractivity contribution in [1.29, 1.82) is 0 Å². The number of fused-ring (bicyclic) bond motifs is 2. The molecular weight excluding hydrogens is 296 g/mol. The molecule has 0 saturated heterocycles. The zero-order chi connectivity index (χ0) is 16.9. The first kappa shape index (κ1) is 16.5. The molecule has 2 nitrogen and oxygen atoms in total. The van der Waals surface area contributed by atoms with E-state index in [4.69, 9.17) is 4.74 Å². The van der Waals surface area contributed by atoms with Crippen LogP contribution in [0.25, 0.3) is 21.5 Å². The van der Waals surface area contributed by atoms with Crippen LogP contribution in [0.4, 0.5) is 0 Å². The zero-order valence-electron chi connectivity index (χ0n) is 14.4. The molecule has 0 saturated carbocycles. The first-order chi connectivity index (χ1) is 11.6. The van der Waals surface area contributed by atoms with Gasteiger partial charge in [0.05, 0.1) is 6.61 Å². The van der Waals surface area contributed by atoms with Crippen LogP contribution >= 0.6 is 0 Å². The standard InChI is InChI=1S/C22H24O2/c1-16(2)13-14-24-22(23)12-11-21-19-9-5-3-7-17(19)15-18-8-4-6-10-20(18)21/h3-10,15-16H,11-14H2,1-2H3. The first-order valence-corrected chi connectivity index (χ1v) is 8.70. The van der Waals surface area contributed by atoms with Crippen LogP contribution in [0, 0.1) is 5.92 Å². The van der Waals surface area contributed by atoms with Crippen LogP contribution in [0.2, 0.25) is 0 Å². The Bertz CT molecular complexity index is 795. The third-order valence-electron chi connectivity index (χ3n) is 4.42. The number of hydrogen-bond donors (Lipinski definition) is 0. The van der Waals surface area contributed by atoms with Crippen molar-refractivity contribution in [3.05, 3.63) is 60.2 Å². The number of aryl methyl sites for hydroxylation is 1. The highest BCUT2D eigenvalue weighted by Gasteiger charge is 2.10. The third-order valence-corrected chi connectivity index (χ3v) is 4.42. The Morgan fingerprint density at radius 2 is 1.54 bits per heavy atom. The van der Waals surface area contributed by atoms with E-state index >= 15 is 0 Å². The van der Waals surface area contributed by atoms with Crippen LogP contribution in [0.5, 0.6) is 0 Å². The zero-order valence-corrected chi connectivity index (χ0v) is 14.4. The average Bonchev–Trinajstić information content (AvgIpc) is 2.58. The molecule has 0 aliphatic heterocycles. The molecule has 0 aromatic heterocycles. The fourth-order valence-electron chi connectivity index (χ4n) is 3.09. The molecular formula is C22H24O2. The van der Waals surface area contributed by atoms with Crippen molar-refractivity contribution in [2.24, 2.45) is 5.92 Å². The van der Waals surface area contributed by atoms with Crippen LogP contribution in [0.1, 0.15) is 32.3 Å². The highest BCUT2D eigenvalue weighted by molar-refractivity contribution is 6.02. The van der Waals surface area contributed by atoms with Crippen molar-refractivity contribution < 1.29 is 9.53 Å². The topological polar surface area (TPSA) is 26.3 Å². The lowest BCUT2D eigenvalue weighted by molar-refractivity contribution is -0.143. The Morgan fingerprint density at radius 3 is 2.12 bits per heavy atom. The van der Waals surface area contributed by atoms with Crippen molar-refractivity contribution in [2.45, 2.75) is 33.1 Å². The molecule has 0 N–H and O–H groups in total. The number of carbonyl (C=O) groups is 1. The summed E-state index contributed by atoms with van der Waals surface area (Å²) in [6.45, 7) is 4.79. The summed E-state index contributed by atoms with van der Waals surface area (Å²) in [4.78, 5) is 12.0. The molecule has 3 aromatic rings. The van der Waals surface area contributed by atoms with Crippen LogP contribution < -0.4 is 0 Å². The molecule has 0 fully saturated rings. The maximum absolute atomic E-state index is 12.0. The van der Waals surface area contributed by atoms with E-state index in [-0.39, 0.29) is 5.97 Å². The van der Waals surface area contributed by atoms with Crippen molar-refractivity contribution in [3.63, 3.8) is 0 Å². The van der Waals surface area contributed by atoms with E-state index in [1.165, 1.54) is 27.1 Å². The highest BCUT2D eigenvalue weighted by Crippen LogP contribution is 2.29. The monoisotopic (exact) mass is 320 g/mol. The Hall–Kier alpha value is -2.35. The van der Waals surface area contributed by atoms with E-state index in [1.807, 2.05) is 0 Å². The highest BCUT2D eigenvalue weighted by atomic mass is 16.5. The third kappa shape index (κ3) is 3.76. The largest absolute Gasteiger partial charge is 0.466 e. The van der Waals surface area contributed by atoms with E-state index in [1.54, 1.807) is 0 Å². The molecule has 0 heterocycles. The molecule has 3 rings (SSSR count). The normalized spacial score (nSPS) is 11.3. The Kier molecular flexibility index (Phi) is 5.14. The summed E-state index contributed by atoms with van der Waals surface area (Å²) < 4.78 is 5.36. The number of carbonyl (C=O) groups excluding carboxylic acids is 1. The van der Waals surface area contributed by atoms with Gasteiger partial charge >= 0.3 is 5.97 Å². The molecule has 24 heavy (non-hydrogen) atoms. The van der Waals surface area contributed by atoms with E-state index < -0.39 is 0 Å². The van der Waals surface area contributed by atoms with Gasteiger partial charge in [-0.15, -0.1) is 0 Å². The lowest BCUT2D eigenvalue weighted by Gasteiger charge is -2.12. The molecule has 0 bridgehead atoms. The Labute approximate surface area is 143 Å². The summed E-state index contributed by atoms with van der Waals surface area (Å²) in [7, 11) is 0. The molecule has 0 unspecified atom stereocenters. The minimum absolute atomic E-state index is 0.104. The van der Waals surface area contributed by atoms with Crippen LogP contribution in [-0.2, 0) is 16.0 Å². The van der Waals surface area contributed by atoms with E-state index in [2.05, 4.69) is 68.4 Å². The molecule has 0 spiro atoms. The minimum atomic E-state index is -0.104. The van der Waals surface area contributed by atoms with Crippen LogP contribution in [0.15, 0.2) is 54.6 Å². The van der Waals surface area contributed by atoms with Crippen molar-refractivity contribution in [1.82, 2.24) is 0 Å². The molecule has 0 amide bonds. The minimum Gasteiger partial charge on any atom is -0.466 e. The van der Waals surface area contributed by atoms with Crippen LogP contribution in [0.3, 0.4) is 0 Å². The fraction of sp³-hybridized carbons (Fsp3) is 0.318. The number of ether oxygens (including phenoxy) is 1. The van der Waals surface area contributed by atoms with Crippen LogP contribution in [-0.4, -0.2) is 12.6 Å². The quantitative estimate of drug-likeness (QED) is 0.442. The molecule has 0 radical (unpaired) electrons. The predicted octanol–water partition coefficient (Wildman–Crippen LogP) is 5.51. The second-order valence-electron chi connectivity index (χ2n) is 6.70. The predicted molar refractivity (Wildman–Crippen MR) is 100 cm³/mol. The number of rotatable bonds is 6. The van der Waals surface area contributed by atoms with Gasteiger partial charge in [-0.25, -0.2) is 0 Å². The fourth-order valence-corrected chi connectivity index (χ4v) is 3.09. The molecule has 0 aliphatic rings. The summed E-state index contributed by atoms with van der Waals surface area (Å²) in [5, 5.41) is 4.90. The van der Waals surface area contributed by atoms with E-state index in [0.29, 0.717) is 25.4 Å². The van der Waals surface area contributed by atoms with Gasteiger partial charge < -0.3 is 4.74 Å². The Morgan fingerprint density at radius 1 is 0.958 bits per heavy atom. The molecule has 0 atom stereocenters. The maximum atomic E-state index is 12.0. The van der Waals surface area contributed by atoms with Crippen molar-refractivity contribution in [3.8, 4) is 0 Å². The van der Waals surface area contributed by atoms with Gasteiger partial charge in [-0.2, -0.15) is 0 Å². The number of esters is 1. The second-order valence-corrected chi connectivity index (χ2v) is 6.70. The number of hydrogen-bond acceptors (Lipinski definition) is 2. The lowest BCUT2D eigenvalue weighted by Crippen LogP contribution is -2.08. The first-order valence-electron chi connectivity index (χ1n) is 8.70.